The summed E-state index contributed by atoms with van der Waals surface area (Å²) >= 11 is 0. The van der Waals surface area contributed by atoms with Gasteiger partial charge in [-0.25, -0.2) is 0 Å². The summed E-state index contributed by atoms with van der Waals surface area (Å²) in [7, 11) is 3.13. The number of phenols is 1. The molecule has 0 bridgehead atoms. The molecule has 0 spiro atoms. The maximum absolute atomic E-state index is 13.6. The van der Waals surface area contributed by atoms with Gasteiger partial charge in [0.1, 0.15) is 22.8 Å². The lowest BCUT2D eigenvalue weighted by molar-refractivity contribution is -0.153. The number of ketones is 2. The highest BCUT2D eigenvalue weighted by Gasteiger charge is 2.64. The second kappa shape index (κ2) is 6.66. The summed E-state index contributed by atoms with van der Waals surface area (Å²) in [6.45, 7) is 1.82. The topological polar surface area (TPSA) is 161 Å². The largest absolute Gasteiger partial charge is 0.508 e. The van der Waals surface area contributed by atoms with Gasteiger partial charge in [0.2, 0.25) is 5.78 Å². The zero-order valence-corrected chi connectivity index (χ0v) is 17.3. The molecule has 0 saturated heterocycles. The lowest BCUT2D eigenvalue weighted by Gasteiger charge is -2.50. The van der Waals surface area contributed by atoms with Gasteiger partial charge in [-0.05, 0) is 57.0 Å². The Balaban J connectivity index is 1.99. The van der Waals surface area contributed by atoms with Crippen molar-refractivity contribution < 1.29 is 34.8 Å². The summed E-state index contributed by atoms with van der Waals surface area (Å²) < 4.78 is 0. The zero-order valence-electron chi connectivity index (χ0n) is 17.3. The molecule has 3 aliphatic rings. The third-order valence-corrected chi connectivity index (χ3v) is 6.84. The molecule has 1 fully saturated rings. The minimum absolute atomic E-state index is 0.0842. The lowest BCUT2D eigenvalue weighted by Crippen LogP contribution is -2.65. The number of Topliss-reactive ketones (excluding diaryl/α,β-unsaturated/α-hetero) is 2. The number of nitrogens with two attached hydrogens (primary N) is 1. The maximum atomic E-state index is 13.6. The number of fused-ring (bicyclic) bond motifs is 3. The summed E-state index contributed by atoms with van der Waals surface area (Å²) in [5.74, 6) is -6.42. The number of hydrogen-bond donors (Lipinski definition) is 5. The third kappa shape index (κ3) is 2.60. The van der Waals surface area contributed by atoms with Gasteiger partial charge in [-0.1, -0.05) is 6.07 Å². The fourth-order valence-electron chi connectivity index (χ4n) is 5.40. The number of aliphatic hydroxyl groups excluding tert-OH is 2. The summed E-state index contributed by atoms with van der Waals surface area (Å²) in [6.07, 6.45) is 0.385. The van der Waals surface area contributed by atoms with E-state index in [9.17, 15) is 34.8 Å². The van der Waals surface area contributed by atoms with Crippen LogP contribution in [0.4, 0.5) is 0 Å². The average Bonchev–Trinajstić information content (AvgIpc) is 2.67. The number of hydrogen-bond acceptors (Lipinski definition) is 8. The van der Waals surface area contributed by atoms with Gasteiger partial charge in [-0.2, -0.15) is 0 Å². The Hall–Kier alpha value is -3.17. The molecule has 0 aliphatic heterocycles. The summed E-state index contributed by atoms with van der Waals surface area (Å²) in [6, 6.07) is 2.02. The van der Waals surface area contributed by atoms with Crippen molar-refractivity contribution in [2.75, 3.05) is 14.1 Å². The van der Waals surface area contributed by atoms with E-state index in [1.807, 2.05) is 6.92 Å². The van der Waals surface area contributed by atoms with Crippen molar-refractivity contribution in [3.8, 4) is 5.75 Å². The molecule has 0 radical (unpaired) electrons. The van der Waals surface area contributed by atoms with Crippen molar-refractivity contribution in [3.05, 3.63) is 45.7 Å². The van der Waals surface area contributed by atoms with Crippen LogP contribution in [0.2, 0.25) is 0 Å². The predicted octanol–water partition coefficient (Wildman–Crippen LogP) is 0.272. The highest BCUT2D eigenvalue weighted by Crippen LogP contribution is 2.52. The van der Waals surface area contributed by atoms with Gasteiger partial charge in [0.15, 0.2) is 11.4 Å². The van der Waals surface area contributed by atoms with Gasteiger partial charge in [0.25, 0.3) is 5.91 Å². The smallest absolute Gasteiger partial charge is 0.255 e. The molecule has 1 aromatic carbocycles. The molecule has 4 atom stereocenters. The predicted molar refractivity (Wildman–Crippen MR) is 109 cm³/mol. The van der Waals surface area contributed by atoms with E-state index in [2.05, 4.69) is 0 Å². The number of carbonyl (C=O) groups excluding carboxylic acids is 3. The Morgan fingerprint density at radius 3 is 2.42 bits per heavy atom. The van der Waals surface area contributed by atoms with Crippen LogP contribution in [0.1, 0.15) is 23.1 Å². The Bertz CT molecular complexity index is 1120. The van der Waals surface area contributed by atoms with E-state index in [1.165, 1.54) is 11.0 Å². The van der Waals surface area contributed by atoms with Gasteiger partial charge in [-0.15, -0.1) is 0 Å². The Kier molecular flexibility index (Phi) is 4.53. The minimum Gasteiger partial charge on any atom is -0.508 e. The number of amides is 1. The highest BCUT2D eigenvalue weighted by molar-refractivity contribution is 6.24. The van der Waals surface area contributed by atoms with Crippen LogP contribution in [-0.4, -0.2) is 68.5 Å². The molecule has 4 rings (SSSR count). The van der Waals surface area contributed by atoms with E-state index in [0.29, 0.717) is 12.0 Å². The number of aromatic hydroxyl groups is 1. The molecule has 31 heavy (non-hydrogen) atoms. The van der Waals surface area contributed by atoms with Gasteiger partial charge in [0, 0.05) is 11.5 Å². The normalized spacial score (nSPS) is 30.3. The molecule has 6 N–H and O–H groups in total. The molecule has 9 heteroatoms. The monoisotopic (exact) mass is 428 g/mol. The number of carbonyl (C=O) groups is 3. The van der Waals surface area contributed by atoms with Crippen LogP contribution in [0.25, 0.3) is 5.76 Å². The standard InChI is InChI=1S/C22H24N2O7/c1-8-4-5-12(25)14-10(8)6-9-7-11-16(24(2)3)18(27)15(21(23)30)20(29)22(11,31)19(28)13(9)17(14)26/h4-5,9,11,16,25-26,29,31H,6-7H2,1-3H3,(H2,23,30). The average molecular weight is 428 g/mol. The molecule has 3 aliphatic carbocycles. The Labute approximate surface area is 178 Å². The molecular formula is C22H24N2O7. The molecular weight excluding hydrogens is 404 g/mol. The van der Waals surface area contributed by atoms with E-state index in [4.69, 9.17) is 5.73 Å². The Morgan fingerprint density at radius 2 is 1.84 bits per heavy atom. The van der Waals surface area contributed by atoms with E-state index in [-0.39, 0.29) is 23.3 Å². The molecule has 0 heterocycles. The third-order valence-electron chi connectivity index (χ3n) is 6.84. The number of phenolic OH excluding ortho intramolecular Hbond substituents is 1. The van der Waals surface area contributed by atoms with Crippen molar-refractivity contribution >= 4 is 23.2 Å². The summed E-state index contributed by atoms with van der Waals surface area (Å²) in [4.78, 5) is 39.9. The van der Waals surface area contributed by atoms with E-state index < -0.39 is 58.0 Å². The van der Waals surface area contributed by atoms with Gasteiger partial charge >= 0.3 is 0 Å². The quantitative estimate of drug-likeness (QED) is 0.420. The molecule has 1 saturated carbocycles. The van der Waals surface area contributed by atoms with Crippen LogP contribution in [-0.2, 0) is 20.8 Å². The van der Waals surface area contributed by atoms with E-state index >= 15 is 0 Å². The number of primary amides is 1. The first-order valence-corrected chi connectivity index (χ1v) is 9.89. The second-order valence-corrected chi connectivity index (χ2v) is 8.72. The van der Waals surface area contributed by atoms with Crippen LogP contribution in [0.5, 0.6) is 5.75 Å². The Morgan fingerprint density at radius 1 is 1.19 bits per heavy atom. The number of aryl methyl sites for hydroxylation is 1. The highest BCUT2D eigenvalue weighted by atomic mass is 16.3. The maximum Gasteiger partial charge on any atom is 0.255 e. The fraction of sp³-hybridized carbons (Fsp3) is 0.409. The van der Waals surface area contributed by atoms with Crippen molar-refractivity contribution in [1.82, 2.24) is 4.90 Å². The zero-order chi connectivity index (χ0) is 23.0. The molecule has 1 aromatic rings. The number of aliphatic hydroxyl groups is 3. The molecule has 164 valence electrons. The van der Waals surface area contributed by atoms with Crippen LogP contribution < -0.4 is 5.73 Å². The molecule has 4 unspecified atom stereocenters. The van der Waals surface area contributed by atoms with Gasteiger partial charge in [-0.3, -0.25) is 19.3 Å². The van der Waals surface area contributed by atoms with Crippen molar-refractivity contribution in [2.45, 2.75) is 31.4 Å². The van der Waals surface area contributed by atoms with Crippen molar-refractivity contribution in [1.29, 1.82) is 0 Å². The number of nitrogens with zero attached hydrogens (tertiary/aromatic N) is 1. The van der Waals surface area contributed by atoms with Crippen molar-refractivity contribution in [2.24, 2.45) is 17.6 Å². The summed E-state index contributed by atoms with van der Waals surface area (Å²) in [5.41, 5.74) is 3.30. The minimum atomic E-state index is -2.61. The molecule has 9 nitrogen and oxygen atoms in total. The fourth-order valence-corrected chi connectivity index (χ4v) is 5.40. The van der Waals surface area contributed by atoms with Crippen LogP contribution in [0.15, 0.2) is 29.0 Å². The second-order valence-electron chi connectivity index (χ2n) is 8.72. The van der Waals surface area contributed by atoms with Crippen LogP contribution >= 0.6 is 0 Å². The van der Waals surface area contributed by atoms with E-state index in [0.717, 1.165) is 5.56 Å². The number of rotatable bonds is 2. The molecule has 0 aromatic heterocycles. The van der Waals surface area contributed by atoms with Crippen molar-refractivity contribution in [3.63, 3.8) is 0 Å². The van der Waals surface area contributed by atoms with Gasteiger partial charge in [0.05, 0.1) is 11.6 Å². The molecule has 1 amide bonds. The lowest BCUT2D eigenvalue weighted by atomic mass is 9.57. The van der Waals surface area contributed by atoms with Crippen LogP contribution in [0, 0.1) is 18.8 Å². The van der Waals surface area contributed by atoms with Crippen LogP contribution in [0.3, 0.4) is 0 Å². The first-order valence-electron chi connectivity index (χ1n) is 9.89. The van der Waals surface area contributed by atoms with Gasteiger partial charge < -0.3 is 26.2 Å². The first-order chi connectivity index (χ1) is 14.4. The number of likely N-dealkylation sites (N-methyl/N-ethyl adjacent to an activating group) is 1. The van der Waals surface area contributed by atoms with E-state index in [1.54, 1.807) is 20.2 Å². The SMILES string of the molecule is Cc1ccc(O)c2c1CC1CC3C(N(C)C)C(=O)C(C(N)=O)=C(O)C3(O)C(=O)C1=C2O. The first kappa shape index (κ1) is 21.1. The summed E-state index contributed by atoms with van der Waals surface area (Å²) in [5, 5.41) is 43.4. The number of benzene rings is 1.